The number of hydrogen-bond donors (Lipinski definition) is 0. The van der Waals surface area contributed by atoms with Crippen LogP contribution in [0.4, 0.5) is 0 Å². The number of rotatable bonds is 1. The lowest BCUT2D eigenvalue weighted by Gasteiger charge is -1.82. The van der Waals surface area contributed by atoms with Gasteiger partial charge in [0.05, 0.1) is 0 Å². The third-order valence-electron chi connectivity index (χ3n) is 0.551. The van der Waals surface area contributed by atoms with Gasteiger partial charge in [-0.3, -0.25) is 4.57 Å². The topological polar surface area (TPSA) is 26.3 Å². The van der Waals surface area contributed by atoms with Gasteiger partial charge in [-0.1, -0.05) is 0 Å². The largest absolute Gasteiger partial charge is 0.346 e. The molecule has 6 heavy (non-hydrogen) atoms. The quantitative estimate of drug-likeness (QED) is 0.362. The van der Waals surface area contributed by atoms with Gasteiger partial charge in [0.2, 0.25) is 0 Å². The highest BCUT2D eigenvalue weighted by Gasteiger charge is 2.24. The van der Waals surface area contributed by atoms with Crippen molar-refractivity contribution in [1.29, 1.82) is 0 Å². The first kappa shape index (κ1) is 3.92. The van der Waals surface area contributed by atoms with Crippen LogP contribution in [0.2, 0.25) is 0 Å². The van der Waals surface area contributed by atoms with E-state index < -0.39 is 7.37 Å². The van der Waals surface area contributed by atoms with Crippen LogP contribution < -0.4 is 0 Å². The van der Waals surface area contributed by atoms with Crippen molar-refractivity contribution in [3.05, 3.63) is 0 Å². The van der Waals surface area contributed by atoms with Crippen LogP contribution in [0.1, 0.15) is 0 Å². The van der Waals surface area contributed by atoms with E-state index >= 15 is 0 Å². The highest BCUT2D eigenvalue weighted by molar-refractivity contribution is 7.75. The molecule has 0 unspecified atom stereocenters. The van der Waals surface area contributed by atoms with Crippen molar-refractivity contribution < 1.29 is 9.09 Å². The fourth-order valence-corrected chi connectivity index (χ4v) is 0.641. The van der Waals surface area contributed by atoms with E-state index in [1.54, 1.807) is 0 Å². The summed E-state index contributed by atoms with van der Waals surface area (Å²) in [5.74, 6) is 0. The van der Waals surface area contributed by atoms with Crippen molar-refractivity contribution in [1.82, 2.24) is 0 Å². The van der Waals surface area contributed by atoms with E-state index in [9.17, 15) is 4.57 Å². The molecule has 3 heteroatoms. The molecular formula is C3H3O2P. The minimum Gasteiger partial charge on any atom is -0.314 e. The molecule has 0 bridgehead atoms. The summed E-state index contributed by atoms with van der Waals surface area (Å²) < 4.78 is 14.6. The smallest absolute Gasteiger partial charge is 0.314 e. The molecule has 1 rings (SSSR count). The predicted octanol–water partition coefficient (Wildman–Crippen LogP) is 0.843. The molecule has 1 heterocycles. The first-order chi connectivity index (χ1) is 2.77. The van der Waals surface area contributed by atoms with Gasteiger partial charge in [0.25, 0.3) is 0 Å². The first-order valence-corrected chi connectivity index (χ1v) is 3.10. The van der Waals surface area contributed by atoms with Gasteiger partial charge in [0.15, 0.2) is 0 Å². The standard InChI is InChI=1S/C3H3O2P/c1-5-6(4)2-3-6/h1H3. The Labute approximate surface area is 36.0 Å². The summed E-state index contributed by atoms with van der Waals surface area (Å²) in [5.41, 5.74) is 4.69. The zero-order chi connectivity index (χ0) is 4.62. The minimum atomic E-state index is -2.40. The van der Waals surface area contributed by atoms with Crippen LogP contribution in [0.5, 0.6) is 0 Å². The molecule has 0 spiro atoms. The molecular weight excluding hydrogens is 99.0 g/mol. The summed E-state index contributed by atoms with van der Waals surface area (Å²) in [6.07, 6.45) is 0. The molecule has 1 aliphatic heterocycles. The van der Waals surface area contributed by atoms with Crippen LogP contribution in [0.15, 0.2) is 0 Å². The molecule has 0 N–H and O–H groups in total. The van der Waals surface area contributed by atoms with Gasteiger partial charge in [-0.05, 0) is 0 Å². The van der Waals surface area contributed by atoms with Crippen LogP contribution in [-0.4, -0.2) is 7.11 Å². The molecule has 0 aromatic rings. The monoisotopic (exact) mass is 102 g/mol. The summed E-state index contributed by atoms with van der Waals surface area (Å²) in [7, 11) is -1.01. The lowest BCUT2D eigenvalue weighted by atomic mass is 11.4. The molecule has 0 amide bonds. The van der Waals surface area contributed by atoms with E-state index in [4.69, 9.17) is 0 Å². The van der Waals surface area contributed by atoms with Crippen molar-refractivity contribution in [2.24, 2.45) is 0 Å². The molecule has 1 aliphatic rings. The Morgan fingerprint density at radius 1 is 1.67 bits per heavy atom. The maximum atomic E-state index is 10.2. The summed E-state index contributed by atoms with van der Waals surface area (Å²) >= 11 is 0. The predicted molar refractivity (Wildman–Crippen MR) is 22.4 cm³/mol. The Morgan fingerprint density at radius 2 is 2.17 bits per heavy atom. The van der Waals surface area contributed by atoms with E-state index in [1.807, 2.05) is 0 Å². The Bertz CT molecular complexity index is 149. The average molecular weight is 102 g/mol. The van der Waals surface area contributed by atoms with Crippen LogP contribution >= 0.6 is 7.37 Å². The van der Waals surface area contributed by atoms with Crippen LogP contribution in [-0.2, 0) is 9.09 Å². The molecule has 2 nitrogen and oxygen atoms in total. The van der Waals surface area contributed by atoms with Gasteiger partial charge in [0, 0.05) is 18.4 Å². The fourth-order valence-electron chi connectivity index (χ4n) is 0.132. The van der Waals surface area contributed by atoms with Gasteiger partial charge >= 0.3 is 7.37 Å². The Balaban J connectivity index is 2.55. The fraction of sp³-hybridized carbons (Fsp3) is 0.333. The third-order valence-corrected chi connectivity index (χ3v) is 1.65. The first-order valence-electron chi connectivity index (χ1n) is 1.47. The lowest BCUT2D eigenvalue weighted by Crippen LogP contribution is -1.60. The average Bonchev–Trinajstić information content (AvgIpc) is 2.22. The van der Waals surface area contributed by atoms with Crippen molar-refractivity contribution in [3.8, 4) is 11.3 Å². The van der Waals surface area contributed by atoms with Gasteiger partial charge in [-0.2, -0.15) is 0 Å². The molecule has 0 saturated carbocycles. The second-order valence-corrected chi connectivity index (χ2v) is 2.87. The molecule has 32 valence electrons. The molecule has 0 fully saturated rings. The summed E-state index contributed by atoms with van der Waals surface area (Å²) in [6, 6.07) is 0. The van der Waals surface area contributed by atoms with Crippen LogP contribution in [0, 0.1) is 11.3 Å². The minimum absolute atomic E-state index is 1.38. The van der Waals surface area contributed by atoms with Crippen molar-refractivity contribution >= 4 is 7.37 Å². The van der Waals surface area contributed by atoms with Crippen LogP contribution in [0.3, 0.4) is 0 Å². The highest BCUT2D eigenvalue weighted by atomic mass is 31.2. The van der Waals surface area contributed by atoms with Crippen molar-refractivity contribution in [2.75, 3.05) is 7.11 Å². The Morgan fingerprint density at radius 3 is 2.17 bits per heavy atom. The van der Waals surface area contributed by atoms with Gasteiger partial charge < -0.3 is 4.52 Å². The lowest BCUT2D eigenvalue weighted by molar-refractivity contribution is 0.417. The second kappa shape index (κ2) is 0.872. The third kappa shape index (κ3) is 0.472. The Kier molecular flexibility index (Phi) is 0.571. The van der Waals surface area contributed by atoms with E-state index in [1.165, 1.54) is 7.11 Å². The van der Waals surface area contributed by atoms with Crippen LogP contribution in [0.25, 0.3) is 0 Å². The van der Waals surface area contributed by atoms with E-state index in [2.05, 4.69) is 15.8 Å². The normalized spacial score (nSPS) is 21.5. The second-order valence-electron chi connectivity index (χ2n) is 0.958. The zero-order valence-corrected chi connectivity index (χ0v) is 4.16. The SMILES string of the molecule is COP1(=O)C#C1. The van der Waals surface area contributed by atoms with Gasteiger partial charge in [0.1, 0.15) is 0 Å². The van der Waals surface area contributed by atoms with Crippen molar-refractivity contribution in [3.63, 3.8) is 0 Å². The Hall–Kier alpha value is -0.250. The van der Waals surface area contributed by atoms with E-state index in [0.29, 0.717) is 0 Å². The summed E-state index contributed by atoms with van der Waals surface area (Å²) in [6.45, 7) is 0. The van der Waals surface area contributed by atoms with Gasteiger partial charge in [-0.25, -0.2) is 0 Å². The van der Waals surface area contributed by atoms with E-state index in [0.717, 1.165) is 0 Å². The molecule has 0 saturated heterocycles. The molecule has 0 aliphatic carbocycles. The summed E-state index contributed by atoms with van der Waals surface area (Å²) in [5, 5.41) is 0. The maximum absolute atomic E-state index is 10.2. The molecule has 0 aromatic heterocycles. The highest BCUT2D eigenvalue weighted by Crippen LogP contribution is 2.53. The molecule has 0 atom stereocenters. The summed E-state index contributed by atoms with van der Waals surface area (Å²) in [4.78, 5) is 0. The molecule has 0 aromatic carbocycles. The van der Waals surface area contributed by atoms with Gasteiger partial charge in [-0.15, -0.1) is 0 Å². The maximum Gasteiger partial charge on any atom is 0.346 e. The number of hydrogen-bond acceptors (Lipinski definition) is 2. The van der Waals surface area contributed by atoms with E-state index in [-0.39, 0.29) is 0 Å². The zero-order valence-electron chi connectivity index (χ0n) is 3.26. The molecule has 0 radical (unpaired) electrons. The van der Waals surface area contributed by atoms with Crippen molar-refractivity contribution in [2.45, 2.75) is 0 Å².